The van der Waals surface area contributed by atoms with Crippen LogP contribution in [-0.4, -0.2) is 65.1 Å². The first-order valence-electron chi connectivity index (χ1n) is 10.1. The Balaban J connectivity index is 1.51. The van der Waals surface area contributed by atoms with Gasteiger partial charge in [-0.25, -0.2) is 5.01 Å². The molecule has 0 aliphatic carbocycles. The largest absolute Gasteiger partial charge is 0.340 e. The maximum atomic E-state index is 13.2. The van der Waals surface area contributed by atoms with Gasteiger partial charge in [0.05, 0.1) is 18.3 Å². The SMILES string of the molecule is CC(=O)N1CCN(CC(=O)N2N=C(c3ccccc3)CC2c2ccccc2)CC1. The van der Waals surface area contributed by atoms with E-state index in [1.165, 1.54) is 0 Å². The molecule has 0 saturated carbocycles. The summed E-state index contributed by atoms with van der Waals surface area (Å²) >= 11 is 0. The van der Waals surface area contributed by atoms with Crippen LogP contribution in [-0.2, 0) is 9.59 Å². The van der Waals surface area contributed by atoms with E-state index >= 15 is 0 Å². The van der Waals surface area contributed by atoms with Crippen molar-refractivity contribution in [2.75, 3.05) is 32.7 Å². The molecular weight excluding hydrogens is 364 g/mol. The molecule has 6 nitrogen and oxygen atoms in total. The average molecular weight is 390 g/mol. The number of hydrogen-bond donors (Lipinski definition) is 0. The van der Waals surface area contributed by atoms with Gasteiger partial charge in [0.25, 0.3) is 5.91 Å². The molecule has 0 spiro atoms. The van der Waals surface area contributed by atoms with E-state index in [1.54, 1.807) is 11.9 Å². The van der Waals surface area contributed by atoms with Crippen LogP contribution in [0.3, 0.4) is 0 Å². The average Bonchev–Trinajstić information content (AvgIpc) is 3.21. The molecule has 4 rings (SSSR count). The molecule has 2 heterocycles. The van der Waals surface area contributed by atoms with Crippen LogP contribution in [0.5, 0.6) is 0 Å². The summed E-state index contributed by atoms with van der Waals surface area (Å²) in [6.07, 6.45) is 0.706. The van der Waals surface area contributed by atoms with Gasteiger partial charge in [-0.1, -0.05) is 60.7 Å². The quantitative estimate of drug-likeness (QED) is 0.806. The van der Waals surface area contributed by atoms with Crippen LogP contribution in [0.4, 0.5) is 0 Å². The van der Waals surface area contributed by atoms with Gasteiger partial charge >= 0.3 is 0 Å². The highest BCUT2D eigenvalue weighted by molar-refractivity contribution is 6.03. The Hall–Kier alpha value is -2.99. The topological polar surface area (TPSA) is 56.2 Å². The molecule has 1 atom stereocenters. The third kappa shape index (κ3) is 4.38. The van der Waals surface area contributed by atoms with Crippen molar-refractivity contribution in [1.29, 1.82) is 0 Å². The number of hydrazone groups is 1. The van der Waals surface area contributed by atoms with Gasteiger partial charge in [0.2, 0.25) is 5.91 Å². The van der Waals surface area contributed by atoms with Crippen LogP contribution in [0.1, 0.15) is 30.5 Å². The summed E-state index contributed by atoms with van der Waals surface area (Å²) in [4.78, 5) is 28.6. The van der Waals surface area contributed by atoms with Crippen molar-refractivity contribution in [2.24, 2.45) is 5.10 Å². The number of carbonyl (C=O) groups is 2. The molecule has 2 aliphatic heterocycles. The van der Waals surface area contributed by atoms with E-state index in [0.717, 1.165) is 16.8 Å². The fourth-order valence-corrected chi connectivity index (χ4v) is 3.96. The van der Waals surface area contributed by atoms with Crippen molar-refractivity contribution in [2.45, 2.75) is 19.4 Å². The smallest absolute Gasteiger partial charge is 0.257 e. The van der Waals surface area contributed by atoms with E-state index in [0.29, 0.717) is 39.1 Å². The summed E-state index contributed by atoms with van der Waals surface area (Å²) in [6, 6.07) is 20.1. The second kappa shape index (κ2) is 8.57. The van der Waals surface area contributed by atoms with Gasteiger partial charge in [0, 0.05) is 39.5 Å². The maximum absolute atomic E-state index is 13.2. The number of carbonyl (C=O) groups excluding carboxylic acids is 2. The highest BCUT2D eigenvalue weighted by Gasteiger charge is 2.34. The second-order valence-corrected chi connectivity index (χ2v) is 7.56. The van der Waals surface area contributed by atoms with Gasteiger partial charge in [0.15, 0.2) is 0 Å². The molecule has 150 valence electrons. The number of piperazine rings is 1. The Morgan fingerprint density at radius 2 is 1.55 bits per heavy atom. The Kier molecular flexibility index (Phi) is 5.71. The molecule has 6 heteroatoms. The minimum Gasteiger partial charge on any atom is -0.340 e. The van der Waals surface area contributed by atoms with E-state index in [2.05, 4.69) is 17.0 Å². The molecular formula is C23H26N4O2. The minimum atomic E-state index is -0.0857. The van der Waals surface area contributed by atoms with Gasteiger partial charge in [-0.15, -0.1) is 0 Å². The van der Waals surface area contributed by atoms with Gasteiger partial charge in [-0.2, -0.15) is 5.10 Å². The van der Waals surface area contributed by atoms with Crippen LogP contribution in [0.15, 0.2) is 65.8 Å². The van der Waals surface area contributed by atoms with Crippen LogP contribution >= 0.6 is 0 Å². The van der Waals surface area contributed by atoms with Crippen LogP contribution in [0.2, 0.25) is 0 Å². The summed E-state index contributed by atoms with van der Waals surface area (Å²) < 4.78 is 0. The molecule has 0 radical (unpaired) electrons. The lowest BCUT2D eigenvalue weighted by Gasteiger charge is -2.34. The monoisotopic (exact) mass is 390 g/mol. The Morgan fingerprint density at radius 1 is 0.931 bits per heavy atom. The Labute approximate surface area is 171 Å². The molecule has 2 aromatic rings. The van der Waals surface area contributed by atoms with Gasteiger partial charge in [0.1, 0.15) is 0 Å². The Bertz CT molecular complexity index is 890. The fraction of sp³-hybridized carbons (Fsp3) is 0.348. The highest BCUT2D eigenvalue weighted by Crippen LogP contribution is 2.32. The molecule has 2 aliphatic rings. The predicted molar refractivity (Wildman–Crippen MR) is 112 cm³/mol. The van der Waals surface area contributed by atoms with E-state index in [4.69, 9.17) is 5.10 Å². The molecule has 0 aromatic heterocycles. The van der Waals surface area contributed by atoms with Crippen molar-refractivity contribution in [3.05, 3.63) is 71.8 Å². The van der Waals surface area contributed by atoms with Gasteiger partial charge < -0.3 is 4.90 Å². The fourth-order valence-electron chi connectivity index (χ4n) is 3.96. The molecule has 1 fully saturated rings. The first-order valence-corrected chi connectivity index (χ1v) is 10.1. The van der Waals surface area contributed by atoms with Gasteiger partial charge in [-0.05, 0) is 11.1 Å². The van der Waals surface area contributed by atoms with Crippen molar-refractivity contribution < 1.29 is 9.59 Å². The first kappa shape index (κ1) is 19.3. The lowest BCUT2D eigenvalue weighted by Crippen LogP contribution is -2.50. The van der Waals surface area contributed by atoms with Crippen LogP contribution in [0, 0.1) is 0 Å². The van der Waals surface area contributed by atoms with Crippen molar-refractivity contribution in [1.82, 2.24) is 14.8 Å². The van der Waals surface area contributed by atoms with Crippen LogP contribution in [0.25, 0.3) is 0 Å². The van der Waals surface area contributed by atoms with E-state index in [1.807, 2.05) is 53.4 Å². The maximum Gasteiger partial charge on any atom is 0.257 e. The van der Waals surface area contributed by atoms with E-state index in [-0.39, 0.29) is 17.9 Å². The lowest BCUT2D eigenvalue weighted by molar-refractivity contribution is -0.135. The predicted octanol–water partition coefficient (Wildman–Crippen LogP) is 2.53. The summed E-state index contributed by atoms with van der Waals surface area (Å²) in [5.41, 5.74) is 3.09. The van der Waals surface area contributed by atoms with Crippen molar-refractivity contribution >= 4 is 17.5 Å². The second-order valence-electron chi connectivity index (χ2n) is 7.56. The first-order chi connectivity index (χ1) is 14.1. The summed E-state index contributed by atoms with van der Waals surface area (Å²) in [6.45, 7) is 4.68. The summed E-state index contributed by atoms with van der Waals surface area (Å²) in [5.74, 6) is 0.0952. The minimum absolute atomic E-state index is 0.000981. The van der Waals surface area contributed by atoms with Gasteiger partial charge in [-0.3, -0.25) is 14.5 Å². The standard InChI is InChI=1S/C23H26N4O2/c1-18(28)26-14-12-25(13-15-26)17-23(29)27-22(20-10-6-3-7-11-20)16-21(24-27)19-8-4-2-5-9-19/h2-11,22H,12-17H2,1H3. The molecule has 29 heavy (non-hydrogen) atoms. The zero-order valence-electron chi connectivity index (χ0n) is 16.7. The van der Waals surface area contributed by atoms with E-state index in [9.17, 15) is 9.59 Å². The van der Waals surface area contributed by atoms with Crippen molar-refractivity contribution in [3.63, 3.8) is 0 Å². The van der Waals surface area contributed by atoms with Crippen molar-refractivity contribution in [3.8, 4) is 0 Å². The summed E-state index contributed by atoms with van der Waals surface area (Å²) in [7, 11) is 0. The van der Waals surface area contributed by atoms with Crippen LogP contribution < -0.4 is 0 Å². The third-order valence-corrected chi connectivity index (χ3v) is 5.63. The number of nitrogens with zero attached hydrogens (tertiary/aromatic N) is 4. The summed E-state index contributed by atoms with van der Waals surface area (Å²) in [5, 5.41) is 6.40. The molecule has 1 saturated heterocycles. The molecule has 2 aromatic carbocycles. The normalized spacial score (nSPS) is 19.9. The lowest BCUT2D eigenvalue weighted by atomic mass is 9.98. The number of hydrogen-bond acceptors (Lipinski definition) is 4. The Morgan fingerprint density at radius 3 is 2.17 bits per heavy atom. The molecule has 0 bridgehead atoms. The molecule has 0 N–H and O–H groups in total. The third-order valence-electron chi connectivity index (χ3n) is 5.63. The zero-order valence-corrected chi connectivity index (χ0v) is 16.7. The van der Waals surface area contributed by atoms with E-state index < -0.39 is 0 Å². The molecule has 2 amide bonds. The number of amides is 2. The number of rotatable bonds is 4. The molecule has 1 unspecified atom stereocenters. The zero-order chi connectivity index (χ0) is 20.2. The number of benzene rings is 2. The highest BCUT2D eigenvalue weighted by atomic mass is 16.2.